The van der Waals surface area contributed by atoms with E-state index >= 15 is 0 Å². The zero-order valence-corrected chi connectivity index (χ0v) is 43.3. The summed E-state index contributed by atoms with van der Waals surface area (Å²) in [6.07, 6.45) is 18.9. The lowest BCUT2D eigenvalue weighted by atomic mass is 9.68. The van der Waals surface area contributed by atoms with Gasteiger partial charge in [0.15, 0.2) is 0 Å². The first kappa shape index (κ1) is 47.7. The van der Waals surface area contributed by atoms with Crippen LogP contribution in [-0.2, 0) is 5.41 Å². The molecule has 2 nitrogen and oxygen atoms in total. The second-order valence-corrected chi connectivity index (χ2v) is 20.2. The Kier molecular flexibility index (Phi) is 13.0. The van der Waals surface area contributed by atoms with Crippen molar-refractivity contribution in [3.63, 3.8) is 0 Å². The molecule has 0 bridgehead atoms. The number of allylic oxidation sites excluding steroid dienone is 8. The van der Waals surface area contributed by atoms with Crippen LogP contribution in [0.4, 0.5) is 5.69 Å². The van der Waals surface area contributed by atoms with Crippen molar-refractivity contribution in [2.24, 2.45) is 0 Å². The highest BCUT2D eigenvalue weighted by Crippen LogP contribution is 2.44. The molecule has 0 radical (unpaired) electrons. The van der Waals surface area contributed by atoms with Crippen molar-refractivity contribution in [3.8, 4) is 39.1 Å². The van der Waals surface area contributed by atoms with Crippen molar-refractivity contribution in [3.05, 3.63) is 343 Å². The molecule has 1 aromatic heterocycles. The molecule has 2 heteroatoms. The third-order valence-electron chi connectivity index (χ3n) is 15.4. The molecule has 0 atom stereocenters. The van der Waals surface area contributed by atoms with Gasteiger partial charge in [0.25, 0.3) is 0 Å². The van der Waals surface area contributed by atoms with E-state index in [4.69, 9.17) is 0 Å². The molecule has 1 heterocycles. The summed E-state index contributed by atoms with van der Waals surface area (Å²) < 4.78 is 2.41. The lowest BCUT2D eigenvalue weighted by Crippen LogP contribution is -2.26. The van der Waals surface area contributed by atoms with E-state index < -0.39 is 0 Å². The van der Waals surface area contributed by atoms with Crippen LogP contribution in [0.25, 0.3) is 88.9 Å². The maximum absolute atomic E-state index is 3.65. The summed E-state index contributed by atoms with van der Waals surface area (Å²) in [7, 11) is 0. The number of nitrogens with one attached hydrogen (secondary N) is 1. The average molecular weight is 997 g/mol. The van der Waals surface area contributed by atoms with Crippen molar-refractivity contribution in [1.82, 2.24) is 4.57 Å². The van der Waals surface area contributed by atoms with Crippen molar-refractivity contribution < 1.29 is 0 Å². The molecule has 1 aliphatic carbocycles. The summed E-state index contributed by atoms with van der Waals surface area (Å²) in [5, 5.41) is 8.65. The fraction of sp³-hybridized carbons (Fsp3) is 0.0263. The molecule has 0 saturated carbocycles. The third-order valence-corrected chi connectivity index (χ3v) is 15.4. The van der Waals surface area contributed by atoms with Gasteiger partial charge >= 0.3 is 0 Å². The number of rotatable bonds is 13. The van der Waals surface area contributed by atoms with E-state index in [-0.39, 0.29) is 5.41 Å². The molecular formula is C76H56N2. The zero-order valence-electron chi connectivity index (χ0n) is 43.3. The smallest absolute Gasteiger partial charge is 0.0547 e. The monoisotopic (exact) mass is 996 g/mol. The Bertz CT molecular complexity index is 4160. The zero-order chi connectivity index (χ0) is 52.1. The molecule has 0 amide bonds. The SMILES string of the molecule is C1=CC(c2ccc(\C=C/C(=C\C=C\Nc3cccc(-c4cccc5c4c4c6ccccc6ccc4n5-c4ccccc4)c3)c3cc(-c4ccccc4)cc(-c4ccccc4)c3)cc2)=CC(c2ccccc2)(c2ccccc2)C1. The summed E-state index contributed by atoms with van der Waals surface area (Å²) in [6.45, 7) is 0. The molecule has 1 aliphatic rings. The van der Waals surface area contributed by atoms with Crippen LogP contribution in [-0.4, -0.2) is 4.57 Å². The third kappa shape index (κ3) is 9.42. The maximum atomic E-state index is 3.65. The minimum Gasteiger partial charge on any atom is -0.362 e. The van der Waals surface area contributed by atoms with Crippen LogP contribution in [0, 0.1) is 0 Å². The van der Waals surface area contributed by atoms with Gasteiger partial charge in [0.05, 0.1) is 11.0 Å². The summed E-state index contributed by atoms with van der Waals surface area (Å²) in [6, 6.07) is 98.6. The highest BCUT2D eigenvalue weighted by Gasteiger charge is 2.33. The van der Waals surface area contributed by atoms with Gasteiger partial charge in [0, 0.05) is 33.8 Å². The van der Waals surface area contributed by atoms with Crippen molar-refractivity contribution >= 4 is 55.5 Å². The van der Waals surface area contributed by atoms with Crippen LogP contribution in [0.3, 0.4) is 0 Å². The molecular weight excluding hydrogens is 941 g/mol. The molecule has 78 heavy (non-hydrogen) atoms. The Hall–Kier alpha value is -10.0. The van der Waals surface area contributed by atoms with Crippen LogP contribution in [0.5, 0.6) is 0 Å². The minimum atomic E-state index is -0.251. The predicted molar refractivity (Wildman–Crippen MR) is 333 cm³/mol. The van der Waals surface area contributed by atoms with E-state index in [0.717, 1.165) is 40.1 Å². The molecule has 11 aromatic carbocycles. The Balaban J connectivity index is 0.855. The van der Waals surface area contributed by atoms with Gasteiger partial charge in [-0.15, -0.1) is 0 Å². The summed E-state index contributed by atoms with van der Waals surface area (Å²) in [5.74, 6) is 0. The van der Waals surface area contributed by atoms with Gasteiger partial charge in [0.1, 0.15) is 0 Å². The normalized spacial score (nSPS) is 13.4. The van der Waals surface area contributed by atoms with Gasteiger partial charge in [-0.1, -0.05) is 255 Å². The second-order valence-electron chi connectivity index (χ2n) is 20.2. The summed E-state index contributed by atoms with van der Waals surface area (Å²) in [5.41, 5.74) is 19.7. The van der Waals surface area contributed by atoms with E-state index in [2.05, 4.69) is 325 Å². The maximum Gasteiger partial charge on any atom is 0.0547 e. The minimum absolute atomic E-state index is 0.251. The van der Waals surface area contributed by atoms with Gasteiger partial charge in [-0.2, -0.15) is 0 Å². The fourth-order valence-corrected chi connectivity index (χ4v) is 11.6. The quantitative estimate of drug-likeness (QED) is 0.114. The molecule has 13 rings (SSSR count). The predicted octanol–water partition coefficient (Wildman–Crippen LogP) is 20.0. The molecule has 0 aliphatic heterocycles. The number of hydrogen-bond acceptors (Lipinski definition) is 1. The summed E-state index contributed by atoms with van der Waals surface area (Å²) in [4.78, 5) is 0. The first-order chi connectivity index (χ1) is 38.6. The number of para-hydroxylation sites is 1. The van der Waals surface area contributed by atoms with Crippen molar-refractivity contribution in [2.75, 3.05) is 5.32 Å². The van der Waals surface area contributed by atoms with Gasteiger partial charge in [-0.25, -0.2) is 0 Å². The average Bonchev–Trinajstić information content (AvgIpc) is 3.94. The van der Waals surface area contributed by atoms with Crippen LogP contribution in [0.15, 0.2) is 316 Å². The highest BCUT2D eigenvalue weighted by atomic mass is 15.0. The number of aromatic nitrogens is 1. The highest BCUT2D eigenvalue weighted by molar-refractivity contribution is 6.25. The molecule has 0 saturated heterocycles. The van der Waals surface area contributed by atoms with Gasteiger partial charge in [-0.05, 0) is 150 Å². The lowest BCUT2D eigenvalue weighted by Gasteiger charge is -2.34. The van der Waals surface area contributed by atoms with Crippen LogP contribution in [0.1, 0.15) is 34.2 Å². The largest absolute Gasteiger partial charge is 0.362 e. The number of anilines is 1. The standard InChI is InChI=1S/C76H56N2/c1-6-22-56(23-7-1)63-50-64(57-24-8-2-9-25-57)52-65(51-63)58(43-40-55-41-44-59(45-42-55)62-28-20-48-76(54-62,66-30-10-3-11-31-66)67-32-12-4-13-33-67)29-21-49-77-68-34-18-27-61(53-68)71-38-19-39-72-75(71)74-70-37-17-16-26-60(70)46-47-73(74)78(72)69-35-14-5-15-36-69/h1-47,49-54,77H,48H2/b43-40-,49-21+,58-29+. The Labute approximate surface area is 457 Å². The van der Waals surface area contributed by atoms with E-state index in [1.807, 2.05) is 6.20 Å². The Morgan fingerprint density at radius 2 is 1.06 bits per heavy atom. The number of hydrogen-bond donors (Lipinski definition) is 1. The van der Waals surface area contributed by atoms with Crippen molar-refractivity contribution in [1.29, 1.82) is 0 Å². The lowest BCUT2D eigenvalue weighted by molar-refractivity contribution is 0.650. The van der Waals surface area contributed by atoms with Crippen LogP contribution in [0.2, 0.25) is 0 Å². The van der Waals surface area contributed by atoms with Gasteiger partial charge in [0.2, 0.25) is 0 Å². The van der Waals surface area contributed by atoms with Gasteiger partial charge in [-0.3, -0.25) is 0 Å². The first-order valence-corrected chi connectivity index (χ1v) is 26.9. The van der Waals surface area contributed by atoms with E-state index in [9.17, 15) is 0 Å². The van der Waals surface area contributed by atoms with E-state index in [0.29, 0.717) is 0 Å². The molecule has 370 valence electrons. The Morgan fingerprint density at radius 3 is 1.76 bits per heavy atom. The molecule has 12 aromatic rings. The fourth-order valence-electron chi connectivity index (χ4n) is 11.6. The molecule has 0 unspecified atom stereocenters. The number of fused-ring (bicyclic) bond motifs is 5. The Morgan fingerprint density at radius 1 is 0.462 bits per heavy atom. The number of nitrogens with zero attached hydrogens (tertiary/aromatic N) is 1. The molecule has 0 spiro atoms. The molecule has 0 fully saturated rings. The van der Waals surface area contributed by atoms with Crippen LogP contribution >= 0.6 is 0 Å². The second kappa shape index (κ2) is 21.3. The van der Waals surface area contributed by atoms with E-state index in [1.54, 1.807) is 0 Å². The summed E-state index contributed by atoms with van der Waals surface area (Å²) >= 11 is 0. The molecule has 1 N–H and O–H groups in total. The topological polar surface area (TPSA) is 17.0 Å². The van der Waals surface area contributed by atoms with Gasteiger partial charge < -0.3 is 9.88 Å². The van der Waals surface area contributed by atoms with Crippen LogP contribution < -0.4 is 5.32 Å². The van der Waals surface area contributed by atoms with Crippen molar-refractivity contribution in [2.45, 2.75) is 11.8 Å². The van der Waals surface area contributed by atoms with E-state index in [1.165, 1.54) is 82.7 Å². The first-order valence-electron chi connectivity index (χ1n) is 26.9. The number of benzene rings is 11.